The summed E-state index contributed by atoms with van der Waals surface area (Å²) in [5, 5.41) is 15.7. The largest absolute Gasteiger partial charge is 0.872 e. The van der Waals surface area contributed by atoms with Crippen molar-refractivity contribution in [2.45, 2.75) is 46.0 Å². The van der Waals surface area contributed by atoms with E-state index in [-0.39, 0.29) is 5.75 Å². The Labute approximate surface area is 213 Å². The second-order valence-electron chi connectivity index (χ2n) is 9.61. The van der Waals surface area contributed by atoms with Crippen LogP contribution >= 0.6 is 7.26 Å². The maximum absolute atomic E-state index is 11.4. The SMILES string of the molecule is CC(C)CCCCCc1ccccc1[O-].C[P+](c1ccccc1)(c1ccccc1)c1ccccc1. The van der Waals surface area contributed by atoms with Crippen LogP contribution in [0.1, 0.15) is 45.1 Å². The van der Waals surface area contributed by atoms with Gasteiger partial charge in [-0.05, 0) is 55.2 Å². The molecule has 0 bridgehead atoms. The van der Waals surface area contributed by atoms with Crippen LogP contribution in [0.4, 0.5) is 0 Å². The van der Waals surface area contributed by atoms with E-state index >= 15 is 0 Å². The van der Waals surface area contributed by atoms with Crippen molar-refractivity contribution in [3.8, 4) is 5.75 Å². The average molecular weight is 483 g/mol. The van der Waals surface area contributed by atoms with E-state index in [1.807, 2.05) is 18.2 Å². The minimum Gasteiger partial charge on any atom is -0.872 e. The number of para-hydroxylation sites is 1. The fraction of sp³-hybridized carbons (Fsp3) is 0.273. The van der Waals surface area contributed by atoms with Crippen molar-refractivity contribution in [1.82, 2.24) is 0 Å². The summed E-state index contributed by atoms with van der Waals surface area (Å²) in [5.74, 6) is 0.998. The highest BCUT2D eigenvalue weighted by Crippen LogP contribution is 2.51. The van der Waals surface area contributed by atoms with Crippen LogP contribution in [0, 0.1) is 5.92 Å². The number of benzene rings is 4. The zero-order chi connectivity index (χ0) is 24.9. The van der Waals surface area contributed by atoms with E-state index in [2.05, 4.69) is 112 Å². The van der Waals surface area contributed by atoms with Gasteiger partial charge in [-0.1, -0.05) is 118 Å². The van der Waals surface area contributed by atoms with Crippen LogP contribution < -0.4 is 21.0 Å². The predicted octanol–water partition coefficient (Wildman–Crippen LogP) is 7.13. The molecular weight excluding hydrogens is 443 g/mol. The quantitative estimate of drug-likeness (QED) is 0.184. The Hall–Kier alpha value is -2.89. The summed E-state index contributed by atoms with van der Waals surface area (Å²) in [5.41, 5.74) is 0.974. The molecule has 0 fully saturated rings. The van der Waals surface area contributed by atoms with Crippen LogP contribution in [-0.4, -0.2) is 6.66 Å². The van der Waals surface area contributed by atoms with Gasteiger partial charge in [-0.2, -0.15) is 0 Å². The molecule has 2 heteroatoms. The average Bonchev–Trinajstić information content (AvgIpc) is 2.91. The van der Waals surface area contributed by atoms with Crippen LogP contribution in [0.5, 0.6) is 5.75 Å². The molecule has 0 aromatic heterocycles. The van der Waals surface area contributed by atoms with Crippen molar-refractivity contribution in [3.05, 3.63) is 121 Å². The van der Waals surface area contributed by atoms with Crippen molar-refractivity contribution >= 4 is 23.2 Å². The van der Waals surface area contributed by atoms with E-state index < -0.39 is 7.26 Å². The van der Waals surface area contributed by atoms with Gasteiger partial charge in [0, 0.05) is 0 Å². The minimum atomic E-state index is -1.53. The molecule has 182 valence electrons. The van der Waals surface area contributed by atoms with Crippen LogP contribution in [0.2, 0.25) is 0 Å². The molecule has 0 aliphatic rings. The van der Waals surface area contributed by atoms with Crippen LogP contribution in [0.15, 0.2) is 115 Å². The van der Waals surface area contributed by atoms with E-state index in [1.54, 1.807) is 6.07 Å². The van der Waals surface area contributed by atoms with Gasteiger partial charge in [0.15, 0.2) is 0 Å². The lowest BCUT2D eigenvalue weighted by Crippen LogP contribution is -2.30. The van der Waals surface area contributed by atoms with Crippen molar-refractivity contribution in [1.29, 1.82) is 0 Å². The molecule has 0 amide bonds. The monoisotopic (exact) mass is 482 g/mol. The van der Waals surface area contributed by atoms with Crippen molar-refractivity contribution in [3.63, 3.8) is 0 Å². The summed E-state index contributed by atoms with van der Waals surface area (Å²) in [7, 11) is -1.53. The number of aryl methyl sites for hydroxylation is 1. The van der Waals surface area contributed by atoms with E-state index in [4.69, 9.17) is 0 Å². The van der Waals surface area contributed by atoms with Gasteiger partial charge in [0.25, 0.3) is 0 Å². The van der Waals surface area contributed by atoms with Gasteiger partial charge in [-0.25, -0.2) is 0 Å². The summed E-state index contributed by atoms with van der Waals surface area (Å²) in [4.78, 5) is 0. The van der Waals surface area contributed by atoms with E-state index in [0.29, 0.717) is 0 Å². The Balaban J connectivity index is 0.000000205. The second kappa shape index (κ2) is 13.9. The van der Waals surface area contributed by atoms with E-state index in [0.717, 1.165) is 24.3 Å². The molecule has 0 N–H and O–H groups in total. The topological polar surface area (TPSA) is 23.1 Å². The molecule has 35 heavy (non-hydrogen) atoms. The fourth-order valence-corrected chi connectivity index (χ4v) is 7.58. The van der Waals surface area contributed by atoms with Crippen molar-refractivity contribution < 1.29 is 5.11 Å². The lowest BCUT2D eigenvalue weighted by molar-refractivity contribution is -0.269. The Morgan fingerprint density at radius 1 is 0.571 bits per heavy atom. The highest BCUT2D eigenvalue weighted by Gasteiger charge is 2.39. The Kier molecular flexibility index (Phi) is 10.6. The molecule has 0 aliphatic heterocycles. The first kappa shape index (κ1) is 26.7. The summed E-state index contributed by atoms with van der Waals surface area (Å²) in [6.07, 6.45) is 5.92. The second-order valence-corrected chi connectivity index (χ2v) is 13.2. The molecule has 4 rings (SSSR count). The normalized spacial score (nSPS) is 11.1. The van der Waals surface area contributed by atoms with Gasteiger partial charge < -0.3 is 5.11 Å². The van der Waals surface area contributed by atoms with Gasteiger partial charge in [0.1, 0.15) is 23.2 Å². The maximum Gasteiger partial charge on any atom is 0.109 e. The molecule has 0 saturated carbocycles. The minimum absolute atomic E-state index is 0.196. The van der Waals surface area contributed by atoms with Crippen LogP contribution in [-0.2, 0) is 6.42 Å². The molecule has 0 atom stereocenters. The maximum atomic E-state index is 11.4. The standard InChI is InChI=1S/C19H18P.C14H22O/c1-20(17-11-5-2-6-12-17,18-13-7-3-8-14-18)19-15-9-4-10-16-19;1-12(2)8-4-3-5-9-13-10-6-7-11-14(13)15/h2-16H,1H3;6-7,10-12,15H,3-5,8-9H2,1-2H3/q+1;/p-1. The van der Waals surface area contributed by atoms with Crippen molar-refractivity contribution in [2.75, 3.05) is 6.66 Å². The number of hydrogen-bond donors (Lipinski definition) is 0. The van der Waals surface area contributed by atoms with E-state index in [1.165, 1.54) is 35.2 Å². The molecule has 0 radical (unpaired) electrons. The third-order valence-corrected chi connectivity index (χ3v) is 10.5. The Morgan fingerprint density at radius 2 is 1.00 bits per heavy atom. The zero-order valence-corrected chi connectivity index (χ0v) is 22.3. The molecular formula is C33H39OP. The smallest absolute Gasteiger partial charge is 0.109 e. The predicted molar refractivity (Wildman–Crippen MR) is 154 cm³/mol. The third kappa shape index (κ3) is 7.81. The van der Waals surface area contributed by atoms with Gasteiger partial charge >= 0.3 is 0 Å². The number of rotatable bonds is 9. The summed E-state index contributed by atoms with van der Waals surface area (Å²) in [6, 6.07) is 40.0. The van der Waals surface area contributed by atoms with Crippen molar-refractivity contribution in [2.24, 2.45) is 5.92 Å². The first-order valence-corrected chi connectivity index (χ1v) is 15.0. The molecule has 0 unspecified atom stereocenters. The molecule has 0 aliphatic carbocycles. The number of hydrogen-bond acceptors (Lipinski definition) is 1. The first-order chi connectivity index (χ1) is 17.0. The molecule has 1 nitrogen and oxygen atoms in total. The highest BCUT2D eigenvalue weighted by atomic mass is 31.2. The summed E-state index contributed by atoms with van der Waals surface area (Å²) in [6.45, 7) is 6.92. The first-order valence-electron chi connectivity index (χ1n) is 12.8. The fourth-order valence-electron chi connectivity index (χ4n) is 4.38. The lowest BCUT2D eigenvalue weighted by atomic mass is 10.0. The van der Waals surface area contributed by atoms with Crippen LogP contribution in [0.3, 0.4) is 0 Å². The molecule has 0 spiro atoms. The van der Waals surface area contributed by atoms with Gasteiger partial charge in [0.2, 0.25) is 0 Å². The van der Waals surface area contributed by atoms with Crippen LogP contribution in [0.25, 0.3) is 0 Å². The molecule has 4 aromatic carbocycles. The highest BCUT2D eigenvalue weighted by molar-refractivity contribution is 7.95. The van der Waals surface area contributed by atoms with Gasteiger partial charge in [-0.15, -0.1) is 5.75 Å². The molecule has 4 aromatic rings. The molecule has 0 heterocycles. The summed E-state index contributed by atoms with van der Waals surface area (Å²) >= 11 is 0. The van der Waals surface area contributed by atoms with E-state index in [9.17, 15) is 5.11 Å². The number of unbranched alkanes of at least 4 members (excludes halogenated alkanes) is 2. The van der Waals surface area contributed by atoms with Gasteiger partial charge in [-0.3, -0.25) is 0 Å². The Bertz CT molecular complexity index is 1010. The lowest BCUT2D eigenvalue weighted by Gasteiger charge is -2.22. The summed E-state index contributed by atoms with van der Waals surface area (Å²) < 4.78 is 0. The van der Waals surface area contributed by atoms with Gasteiger partial charge in [0.05, 0.1) is 6.66 Å². The third-order valence-electron chi connectivity index (χ3n) is 6.52. The zero-order valence-electron chi connectivity index (χ0n) is 21.4. The Morgan fingerprint density at radius 3 is 1.43 bits per heavy atom. The molecule has 0 saturated heterocycles.